The van der Waals surface area contributed by atoms with Gasteiger partial charge in [0.25, 0.3) is 0 Å². The number of piperidine rings is 1. The molecule has 0 radical (unpaired) electrons. The molecular weight excluding hydrogens is 562 g/mol. The quantitative estimate of drug-likeness (QED) is 0.295. The third-order valence-electron chi connectivity index (χ3n) is 14.5. The Labute approximate surface area is 270 Å². The molecular formula is C38H57N3O4. The molecule has 4 saturated carbocycles. The van der Waals surface area contributed by atoms with Crippen LogP contribution in [0, 0.1) is 52.3 Å². The number of carbonyl (C=O) groups excluding carboxylic acids is 2. The van der Waals surface area contributed by atoms with Crippen LogP contribution >= 0.6 is 0 Å². The van der Waals surface area contributed by atoms with E-state index in [4.69, 9.17) is 4.74 Å². The van der Waals surface area contributed by atoms with Gasteiger partial charge in [0.05, 0.1) is 6.10 Å². The highest BCUT2D eigenvalue weighted by Gasteiger charge is 2.68. The Hall–Kier alpha value is -2.12. The van der Waals surface area contributed by atoms with Crippen molar-refractivity contribution in [2.75, 3.05) is 13.1 Å². The average molecular weight is 620 g/mol. The van der Waals surface area contributed by atoms with Crippen molar-refractivity contribution >= 4 is 11.8 Å². The molecule has 4 aliphatic carbocycles. The number of phenolic OH excluding ortho intramolecular Hbond substituents is 1. The first-order chi connectivity index (χ1) is 21.5. The van der Waals surface area contributed by atoms with Crippen LogP contribution in [0.1, 0.15) is 104 Å². The molecule has 12 atom stereocenters. The van der Waals surface area contributed by atoms with E-state index in [0.29, 0.717) is 47.7 Å². The van der Waals surface area contributed by atoms with Crippen LogP contribution in [0.25, 0.3) is 0 Å². The van der Waals surface area contributed by atoms with E-state index in [1.807, 2.05) is 12.1 Å². The fourth-order valence-corrected chi connectivity index (χ4v) is 12.1. The lowest BCUT2D eigenvalue weighted by atomic mass is 9.44. The van der Waals surface area contributed by atoms with E-state index >= 15 is 0 Å². The molecule has 7 nitrogen and oxygen atoms in total. The van der Waals surface area contributed by atoms with E-state index in [-0.39, 0.29) is 35.8 Å². The van der Waals surface area contributed by atoms with Crippen molar-refractivity contribution in [1.82, 2.24) is 16.0 Å². The number of amides is 2. The number of phenols is 1. The van der Waals surface area contributed by atoms with Gasteiger partial charge >= 0.3 is 0 Å². The zero-order valence-electron chi connectivity index (χ0n) is 28.1. The lowest BCUT2D eigenvalue weighted by Gasteiger charge is -2.61. The Morgan fingerprint density at radius 2 is 1.71 bits per heavy atom. The van der Waals surface area contributed by atoms with Crippen LogP contribution < -0.4 is 16.0 Å². The monoisotopic (exact) mass is 619 g/mol. The lowest BCUT2D eigenvalue weighted by molar-refractivity contribution is -0.137. The molecule has 7 heteroatoms. The highest BCUT2D eigenvalue weighted by atomic mass is 16.5. The molecule has 2 amide bonds. The van der Waals surface area contributed by atoms with Crippen molar-refractivity contribution in [3.05, 3.63) is 29.8 Å². The molecule has 1 spiro atoms. The number of fused-ring (bicyclic) bond motifs is 7. The summed E-state index contributed by atoms with van der Waals surface area (Å²) in [6.45, 7) is 11.7. The second kappa shape index (κ2) is 11.8. The lowest BCUT2D eigenvalue weighted by Crippen LogP contribution is -2.58. The van der Waals surface area contributed by atoms with E-state index in [1.54, 1.807) is 12.1 Å². The minimum atomic E-state index is -0.225. The summed E-state index contributed by atoms with van der Waals surface area (Å²) in [4.78, 5) is 25.3. The normalized spacial score (nSPS) is 45.2. The fraction of sp³-hybridized carbons (Fsp3) is 0.789. The second-order valence-corrected chi connectivity index (χ2v) is 16.8. The first-order valence-electron chi connectivity index (χ1n) is 18.3. The first-order valence-corrected chi connectivity index (χ1v) is 18.3. The average Bonchev–Trinajstić information content (AvgIpc) is 3.45. The van der Waals surface area contributed by atoms with Crippen LogP contribution in [-0.4, -0.2) is 47.9 Å². The Balaban J connectivity index is 0.919. The third-order valence-corrected chi connectivity index (χ3v) is 14.5. The number of hydrogen-bond acceptors (Lipinski definition) is 5. The number of nitrogens with one attached hydrogen (secondary N) is 3. The van der Waals surface area contributed by atoms with Crippen LogP contribution in [-0.2, 0) is 20.7 Å². The van der Waals surface area contributed by atoms with Crippen LogP contribution in [0.2, 0.25) is 0 Å². The number of benzene rings is 1. The Bertz CT molecular complexity index is 1260. The van der Waals surface area contributed by atoms with Gasteiger partial charge in [0.1, 0.15) is 17.9 Å². The molecule has 45 heavy (non-hydrogen) atoms. The zero-order valence-corrected chi connectivity index (χ0v) is 28.1. The second-order valence-electron chi connectivity index (χ2n) is 16.8. The molecule has 6 aliphatic rings. The topological polar surface area (TPSA) is 99.7 Å². The molecule has 1 aromatic carbocycles. The van der Waals surface area contributed by atoms with Gasteiger partial charge in [0.2, 0.25) is 11.8 Å². The summed E-state index contributed by atoms with van der Waals surface area (Å²) in [6, 6.07) is 7.17. The predicted octanol–water partition coefficient (Wildman–Crippen LogP) is 5.95. The van der Waals surface area contributed by atoms with Crippen molar-refractivity contribution in [3.63, 3.8) is 0 Å². The Morgan fingerprint density at radius 1 is 0.933 bits per heavy atom. The number of ether oxygens (including phenoxy) is 1. The molecule has 6 fully saturated rings. The van der Waals surface area contributed by atoms with Crippen molar-refractivity contribution in [2.45, 2.75) is 123 Å². The van der Waals surface area contributed by atoms with Gasteiger partial charge in [-0.2, -0.15) is 0 Å². The third kappa shape index (κ3) is 5.52. The minimum absolute atomic E-state index is 0.0897. The zero-order chi connectivity index (χ0) is 31.6. The molecule has 7 rings (SSSR count). The fourth-order valence-electron chi connectivity index (χ4n) is 12.1. The summed E-state index contributed by atoms with van der Waals surface area (Å²) >= 11 is 0. The molecule has 1 unspecified atom stereocenters. The largest absolute Gasteiger partial charge is 0.508 e. The maximum absolute atomic E-state index is 12.9. The van der Waals surface area contributed by atoms with E-state index in [0.717, 1.165) is 55.0 Å². The molecule has 248 valence electrons. The van der Waals surface area contributed by atoms with Crippen molar-refractivity contribution in [1.29, 1.82) is 0 Å². The summed E-state index contributed by atoms with van der Waals surface area (Å²) < 4.78 is 7.08. The molecule has 0 aromatic heterocycles. The number of hydrogen-bond donors (Lipinski definition) is 4. The van der Waals surface area contributed by atoms with Crippen LogP contribution in [0.15, 0.2) is 24.3 Å². The van der Waals surface area contributed by atoms with E-state index < -0.39 is 0 Å². The van der Waals surface area contributed by atoms with Crippen LogP contribution in [0.5, 0.6) is 5.75 Å². The molecule has 1 aromatic rings. The van der Waals surface area contributed by atoms with Gasteiger partial charge in [-0.05, 0) is 135 Å². The smallest absolute Gasteiger partial charge is 0.229 e. The van der Waals surface area contributed by atoms with Gasteiger partial charge < -0.3 is 20.5 Å². The summed E-state index contributed by atoms with van der Waals surface area (Å²) in [7, 11) is 0. The molecule has 0 bridgehead atoms. The van der Waals surface area contributed by atoms with Gasteiger partial charge in [0.15, 0.2) is 0 Å². The van der Waals surface area contributed by atoms with E-state index in [2.05, 4.69) is 43.6 Å². The van der Waals surface area contributed by atoms with E-state index in [9.17, 15) is 14.7 Å². The van der Waals surface area contributed by atoms with Crippen molar-refractivity contribution < 1.29 is 19.4 Å². The van der Waals surface area contributed by atoms with Gasteiger partial charge in [0, 0.05) is 25.0 Å². The van der Waals surface area contributed by atoms with Gasteiger partial charge in [-0.25, -0.2) is 0 Å². The number of carbonyl (C=O) groups is 2. The van der Waals surface area contributed by atoms with Crippen molar-refractivity contribution in [3.8, 4) is 5.75 Å². The Kier molecular flexibility index (Phi) is 8.28. The van der Waals surface area contributed by atoms with Crippen molar-refractivity contribution in [2.24, 2.45) is 52.3 Å². The molecule has 2 heterocycles. The maximum Gasteiger partial charge on any atom is 0.229 e. The SMILES string of the molecule is C[C@@H]1CC[C@@]2(NC1)O[C@H]1C[C@H]3[C@@H]4CC[C@@H]5CC(NC(=O)CC(=O)NCCc6ccc(O)cc6)CC[C@]5(C)[C@H]4CC[C@]3(C)[C@H]1[C@@H]2C. The summed E-state index contributed by atoms with van der Waals surface area (Å²) in [5.74, 6) is 4.86. The highest BCUT2D eigenvalue weighted by Crippen LogP contribution is 2.71. The minimum Gasteiger partial charge on any atom is -0.508 e. The summed E-state index contributed by atoms with van der Waals surface area (Å²) in [5, 5.41) is 19.5. The molecule has 2 aliphatic heterocycles. The summed E-state index contributed by atoms with van der Waals surface area (Å²) in [5.41, 5.74) is 1.69. The Morgan fingerprint density at radius 3 is 2.47 bits per heavy atom. The number of rotatable bonds is 6. The standard InChI is InChI=1S/C38H57N3O4/c1-23-11-17-38(40-22-23)24(2)35-32(45-38)20-31-29-10-7-26-19-27(12-15-36(26,3)30(29)13-16-37(31,35)4)41-34(44)21-33(43)39-18-14-25-5-8-28(42)9-6-25/h5-6,8-9,23-24,26-27,29-32,35,40,42H,7,10-22H2,1-4H3,(H,39,43)(H,41,44)/t23-,24+,26-,27?,29-,30+,31+,32+,35+,36+,37+,38-/m1/s1. The van der Waals surface area contributed by atoms with Crippen LogP contribution in [0.3, 0.4) is 0 Å². The summed E-state index contributed by atoms with van der Waals surface area (Å²) in [6.07, 6.45) is 13.2. The number of aromatic hydroxyl groups is 1. The molecule has 2 saturated heterocycles. The van der Waals surface area contributed by atoms with E-state index in [1.165, 1.54) is 44.9 Å². The maximum atomic E-state index is 12.9. The molecule has 4 N–H and O–H groups in total. The van der Waals surface area contributed by atoms with Crippen LogP contribution in [0.4, 0.5) is 0 Å². The van der Waals surface area contributed by atoms with Gasteiger partial charge in [-0.15, -0.1) is 0 Å². The highest BCUT2D eigenvalue weighted by molar-refractivity contribution is 5.96. The van der Waals surface area contributed by atoms with Gasteiger partial charge in [-0.1, -0.05) is 39.8 Å². The predicted molar refractivity (Wildman–Crippen MR) is 175 cm³/mol. The van der Waals surface area contributed by atoms with Gasteiger partial charge in [-0.3, -0.25) is 14.9 Å². The first kappa shape index (κ1) is 31.5.